The minimum absolute atomic E-state index is 0. The fourth-order valence-electron chi connectivity index (χ4n) is 1.99. The molecule has 1 aliphatic heterocycles. The van der Waals surface area contributed by atoms with Crippen molar-refractivity contribution in [2.75, 3.05) is 6.61 Å². The van der Waals surface area contributed by atoms with Crippen molar-refractivity contribution in [2.24, 2.45) is 0 Å². The van der Waals surface area contributed by atoms with Gasteiger partial charge in [-0.1, -0.05) is 0 Å². The monoisotopic (exact) mass is 362 g/mol. The number of hydrogen-bond acceptors (Lipinski definition) is 8. The van der Waals surface area contributed by atoms with E-state index in [0.29, 0.717) is 0 Å². The van der Waals surface area contributed by atoms with Crippen LogP contribution in [0.1, 0.15) is 6.23 Å². The van der Waals surface area contributed by atoms with E-state index in [1.165, 1.54) is 0 Å². The summed E-state index contributed by atoms with van der Waals surface area (Å²) in [5.74, 6) is 0. The maximum atomic E-state index is 11.7. The molecule has 2 rings (SSSR count). The van der Waals surface area contributed by atoms with Crippen LogP contribution >= 0.6 is 7.82 Å². The number of nitrogens with zero attached hydrogens (tertiary/aromatic N) is 1. The molecule has 5 atom stereocenters. The number of aromatic nitrogens is 2. The van der Waals surface area contributed by atoms with Crippen molar-refractivity contribution in [3.05, 3.63) is 33.1 Å². The first-order chi connectivity index (χ1) is 9.73. The molecule has 1 fully saturated rings. The molecular weight excluding hydrogens is 350 g/mol. The van der Waals surface area contributed by atoms with E-state index in [1.807, 2.05) is 4.98 Å². The summed E-state index contributed by atoms with van der Waals surface area (Å²) in [6.07, 6.45) is -4.98. The minimum atomic E-state index is -5.23. The van der Waals surface area contributed by atoms with Gasteiger partial charge in [0.25, 0.3) is 13.4 Å². The molecule has 1 aromatic heterocycles. The zero-order valence-electron chi connectivity index (χ0n) is 11.4. The summed E-state index contributed by atoms with van der Waals surface area (Å²) in [7, 11) is -5.23. The average molecular weight is 362 g/mol. The number of aromatic amines is 1. The Morgan fingerprint density at radius 2 is 2.14 bits per heavy atom. The number of phosphoric ester groups is 1. The molecule has 0 amide bonds. The Labute approximate surface area is 165 Å². The molecule has 0 radical (unpaired) electrons. The zero-order valence-corrected chi connectivity index (χ0v) is 15.4. The van der Waals surface area contributed by atoms with Crippen LogP contribution in [0.2, 0.25) is 0 Å². The zero-order chi connectivity index (χ0) is 15.8. The van der Waals surface area contributed by atoms with E-state index < -0.39 is 50.2 Å². The smallest absolute Gasteiger partial charge is 0.756 e. The third-order valence-electron chi connectivity index (χ3n) is 2.87. The number of aliphatic hydroxyl groups excluding tert-OH is 2. The summed E-state index contributed by atoms with van der Waals surface area (Å²) in [6.45, 7) is -0.676. The van der Waals surface area contributed by atoms with Gasteiger partial charge in [-0.2, -0.15) is 0 Å². The van der Waals surface area contributed by atoms with Crippen LogP contribution in [0.4, 0.5) is 0 Å². The Balaban J connectivity index is 0.00000242. The van der Waals surface area contributed by atoms with Crippen molar-refractivity contribution < 1.29 is 85.2 Å². The fraction of sp³-hybridized carbons (Fsp3) is 0.556. The number of nitrogens with one attached hydrogen (secondary N) is 1. The molecule has 1 unspecified atom stereocenters. The first kappa shape index (κ1) is 20.4. The molecule has 0 saturated carbocycles. The molecule has 0 aliphatic carbocycles. The van der Waals surface area contributed by atoms with Crippen LogP contribution in [0, 0.1) is 0 Å². The van der Waals surface area contributed by atoms with E-state index in [4.69, 9.17) is 14.7 Å². The third-order valence-corrected chi connectivity index (χ3v) is 3.38. The number of aliphatic hydroxyl groups is 2. The van der Waals surface area contributed by atoms with E-state index in [1.54, 1.807) is 0 Å². The van der Waals surface area contributed by atoms with E-state index in [9.17, 15) is 24.2 Å². The second-order valence-corrected chi connectivity index (χ2v) is 5.44. The molecule has 2 heterocycles. The van der Waals surface area contributed by atoms with Crippen LogP contribution in [-0.4, -0.2) is 49.6 Å². The van der Waals surface area contributed by atoms with Crippen molar-refractivity contribution in [1.29, 1.82) is 0 Å². The summed E-state index contributed by atoms with van der Waals surface area (Å²) in [5.41, 5.74) is -1.63. The molecule has 1 aromatic rings. The van der Waals surface area contributed by atoms with Gasteiger partial charge < -0.3 is 29.3 Å². The fourth-order valence-corrected chi connectivity index (χ4v) is 2.52. The SMILES string of the molecule is O=c1ccn([C@@H]2O[C@H](CO)[C@@H](O)[C@H]2OP(=O)([O-])O)c(=O)[nH]1.[K+]. The van der Waals surface area contributed by atoms with Crippen LogP contribution in [-0.2, 0) is 13.8 Å². The molecule has 13 heteroatoms. The van der Waals surface area contributed by atoms with Crippen molar-refractivity contribution in [3.8, 4) is 0 Å². The quantitative estimate of drug-likeness (QED) is 0.300. The van der Waals surface area contributed by atoms with Crippen LogP contribution in [0.3, 0.4) is 0 Å². The Morgan fingerprint density at radius 1 is 1.50 bits per heavy atom. The van der Waals surface area contributed by atoms with E-state index >= 15 is 0 Å². The largest absolute Gasteiger partial charge is 1.00 e. The predicted octanol–water partition coefficient (Wildman–Crippen LogP) is -6.36. The molecule has 1 saturated heterocycles. The Hall–Kier alpha value is 0.306. The second kappa shape index (κ2) is 7.92. The van der Waals surface area contributed by atoms with Crippen LogP contribution in [0.5, 0.6) is 0 Å². The third kappa shape index (κ3) is 4.66. The van der Waals surface area contributed by atoms with Crippen LogP contribution < -0.4 is 67.5 Å². The molecular formula is C9H12KN2O9P. The standard InChI is InChI=1S/C9H13N2O9P.K/c12-3-4-6(14)7(20-21(16,17)18)8(19-4)11-2-1-5(13)10-9(11)15;/h1-2,4,6-8,12,14H,3H2,(H,10,13,15)(H2,16,17,18);/q;+1/p-1/t4-,6-,7-,8-;/m1./s1. The van der Waals surface area contributed by atoms with Gasteiger partial charge in [0.15, 0.2) is 6.23 Å². The molecule has 22 heavy (non-hydrogen) atoms. The topological polar surface area (TPSA) is 174 Å². The maximum absolute atomic E-state index is 11.7. The first-order valence-corrected chi connectivity index (χ1v) is 7.20. The number of hydrogen-bond donors (Lipinski definition) is 4. The predicted molar refractivity (Wildman–Crippen MR) is 63.0 cm³/mol. The molecule has 118 valence electrons. The van der Waals surface area contributed by atoms with Crippen molar-refractivity contribution in [2.45, 2.75) is 24.5 Å². The van der Waals surface area contributed by atoms with Gasteiger partial charge in [-0.15, -0.1) is 0 Å². The number of rotatable bonds is 4. The summed E-state index contributed by atoms with van der Waals surface area (Å²) in [5, 5.41) is 18.9. The van der Waals surface area contributed by atoms with Gasteiger partial charge in [0.2, 0.25) is 0 Å². The first-order valence-electron chi connectivity index (χ1n) is 5.71. The maximum Gasteiger partial charge on any atom is 1.00 e. The van der Waals surface area contributed by atoms with Gasteiger partial charge >= 0.3 is 57.1 Å². The van der Waals surface area contributed by atoms with E-state index in [0.717, 1.165) is 16.8 Å². The molecule has 11 nitrogen and oxygen atoms in total. The summed E-state index contributed by atoms with van der Waals surface area (Å²) in [4.78, 5) is 44.1. The second-order valence-electron chi connectivity index (χ2n) is 4.29. The van der Waals surface area contributed by atoms with Gasteiger partial charge in [0, 0.05) is 12.3 Å². The number of phosphoric acid groups is 1. The summed E-state index contributed by atoms with van der Waals surface area (Å²) >= 11 is 0. The minimum Gasteiger partial charge on any atom is -0.756 e. The van der Waals surface area contributed by atoms with Crippen LogP contribution in [0.25, 0.3) is 0 Å². The Morgan fingerprint density at radius 3 is 2.64 bits per heavy atom. The van der Waals surface area contributed by atoms with Gasteiger partial charge in [-0.05, 0) is 0 Å². The molecule has 0 spiro atoms. The van der Waals surface area contributed by atoms with Gasteiger partial charge in [0.1, 0.15) is 18.3 Å². The molecule has 0 aromatic carbocycles. The summed E-state index contributed by atoms with van der Waals surface area (Å²) in [6, 6.07) is 0.968. The van der Waals surface area contributed by atoms with Crippen molar-refractivity contribution in [1.82, 2.24) is 9.55 Å². The van der Waals surface area contributed by atoms with Gasteiger partial charge in [-0.25, -0.2) is 4.79 Å². The van der Waals surface area contributed by atoms with Gasteiger partial charge in [0.05, 0.1) is 6.61 Å². The Kier molecular flexibility index (Phi) is 7.33. The Bertz CT molecular complexity index is 670. The van der Waals surface area contributed by atoms with Crippen molar-refractivity contribution >= 4 is 7.82 Å². The number of H-pyrrole nitrogens is 1. The molecule has 1 aliphatic rings. The normalized spacial score (nSPS) is 30.5. The molecule has 0 bridgehead atoms. The van der Waals surface area contributed by atoms with E-state index in [2.05, 4.69) is 4.52 Å². The van der Waals surface area contributed by atoms with Gasteiger partial charge in [-0.3, -0.25) is 18.9 Å². The van der Waals surface area contributed by atoms with Crippen molar-refractivity contribution in [3.63, 3.8) is 0 Å². The number of ether oxygens (including phenoxy) is 1. The van der Waals surface area contributed by atoms with Crippen LogP contribution in [0.15, 0.2) is 21.9 Å². The molecule has 4 N–H and O–H groups in total. The van der Waals surface area contributed by atoms with E-state index in [-0.39, 0.29) is 51.4 Å². The summed E-state index contributed by atoms with van der Waals surface area (Å²) < 4.78 is 21.0. The average Bonchev–Trinajstić information content (AvgIpc) is 2.65.